The van der Waals surface area contributed by atoms with Gasteiger partial charge >= 0.3 is 5.97 Å². The number of amides is 2. The van der Waals surface area contributed by atoms with Crippen LogP contribution >= 0.6 is 23.2 Å². The molecule has 1 atom stereocenters. The summed E-state index contributed by atoms with van der Waals surface area (Å²) in [5.41, 5.74) is 1.14. The van der Waals surface area contributed by atoms with Crippen molar-refractivity contribution < 1.29 is 19.1 Å². The molecule has 0 bridgehead atoms. The first-order valence-electron chi connectivity index (χ1n) is 9.27. The molecule has 3 aromatic carbocycles. The number of hydrogen-bond donors (Lipinski definition) is 2. The zero-order valence-corrected chi connectivity index (χ0v) is 17.7. The van der Waals surface area contributed by atoms with Crippen LogP contribution < -0.4 is 10.6 Å². The standard InChI is InChI=1S/C23H18Cl2N2O4/c24-17-12-7-13-18(25)21(17)26-19(28)14-31-23(30)20(15-8-3-1-4-9-15)27-22(29)16-10-5-2-6-11-16/h1-13,20H,14H2,(H,26,28)(H,27,29). The second-order valence-electron chi connectivity index (χ2n) is 6.44. The van der Waals surface area contributed by atoms with Gasteiger partial charge in [-0.3, -0.25) is 9.59 Å². The molecule has 3 rings (SSSR count). The summed E-state index contributed by atoms with van der Waals surface area (Å²) in [5, 5.41) is 5.67. The average molecular weight is 457 g/mol. The quantitative estimate of drug-likeness (QED) is 0.506. The summed E-state index contributed by atoms with van der Waals surface area (Å²) in [6.07, 6.45) is 0. The molecule has 158 valence electrons. The molecule has 0 fully saturated rings. The van der Waals surface area contributed by atoms with Crippen LogP contribution in [0.3, 0.4) is 0 Å². The summed E-state index contributed by atoms with van der Waals surface area (Å²) < 4.78 is 5.16. The van der Waals surface area contributed by atoms with Gasteiger partial charge in [-0.15, -0.1) is 0 Å². The van der Waals surface area contributed by atoms with E-state index in [1.807, 2.05) is 0 Å². The van der Waals surface area contributed by atoms with Gasteiger partial charge in [-0.05, 0) is 29.8 Å². The van der Waals surface area contributed by atoms with Gasteiger partial charge in [0.25, 0.3) is 11.8 Å². The molecule has 0 aliphatic heterocycles. The molecular weight excluding hydrogens is 439 g/mol. The van der Waals surface area contributed by atoms with E-state index < -0.39 is 30.4 Å². The third kappa shape index (κ3) is 6.07. The van der Waals surface area contributed by atoms with Crippen LogP contribution in [0.25, 0.3) is 0 Å². The first-order valence-corrected chi connectivity index (χ1v) is 10.0. The molecule has 2 amide bonds. The number of esters is 1. The largest absolute Gasteiger partial charge is 0.454 e. The highest BCUT2D eigenvalue weighted by Crippen LogP contribution is 2.29. The molecule has 0 saturated carbocycles. The first kappa shape index (κ1) is 22.3. The Morgan fingerprint density at radius 3 is 2.00 bits per heavy atom. The Morgan fingerprint density at radius 2 is 1.39 bits per heavy atom. The van der Waals surface area contributed by atoms with Gasteiger partial charge in [-0.2, -0.15) is 0 Å². The van der Waals surface area contributed by atoms with Crippen molar-refractivity contribution in [1.82, 2.24) is 5.32 Å². The Kier molecular flexibility index (Phi) is 7.65. The Hall–Kier alpha value is -3.35. The van der Waals surface area contributed by atoms with E-state index in [4.69, 9.17) is 27.9 Å². The molecular formula is C23H18Cl2N2O4. The number of carbonyl (C=O) groups excluding carboxylic acids is 3. The van der Waals surface area contributed by atoms with Gasteiger partial charge in [0, 0.05) is 5.56 Å². The number of para-hydroxylation sites is 1. The number of hydrogen-bond acceptors (Lipinski definition) is 4. The molecule has 8 heteroatoms. The van der Waals surface area contributed by atoms with Crippen LogP contribution in [0, 0.1) is 0 Å². The van der Waals surface area contributed by atoms with Crippen molar-refractivity contribution in [1.29, 1.82) is 0 Å². The molecule has 31 heavy (non-hydrogen) atoms. The molecule has 0 aliphatic carbocycles. The predicted octanol–water partition coefficient (Wildman–Crippen LogP) is 4.65. The maximum atomic E-state index is 12.7. The van der Waals surface area contributed by atoms with E-state index >= 15 is 0 Å². The van der Waals surface area contributed by atoms with Gasteiger partial charge in [0.1, 0.15) is 0 Å². The van der Waals surface area contributed by atoms with Crippen LogP contribution in [0.15, 0.2) is 78.9 Å². The van der Waals surface area contributed by atoms with E-state index in [1.165, 1.54) is 0 Å². The third-order valence-electron chi connectivity index (χ3n) is 4.25. The Morgan fingerprint density at radius 1 is 0.806 bits per heavy atom. The van der Waals surface area contributed by atoms with Crippen molar-refractivity contribution in [2.75, 3.05) is 11.9 Å². The maximum absolute atomic E-state index is 12.7. The van der Waals surface area contributed by atoms with Crippen molar-refractivity contribution in [2.24, 2.45) is 0 Å². The number of nitrogens with one attached hydrogen (secondary N) is 2. The molecule has 6 nitrogen and oxygen atoms in total. The number of halogens is 2. The highest BCUT2D eigenvalue weighted by Gasteiger charge is 2.25. The van der Waals surface area contributed by atoms with Crippen molar-refractivity contribution in [3.8, 4) is 0 Å². The lowest BCUT2D eigenvalue weighted by atomic mass is 10.1. The fourth-order valence-corrected chi connectivity index (χ4v) is 3.23. The summed E-state index contributed by atoms with van der Waals surface area (Å²) in [6.45, 7) is -0.578. The highest BCUT2D eigenvalue weighted by molar-refractivity contribution is 6.39. The van der Waals surface area contributed by atoms with E-state index in [0.717, 1.165) is 0 Å². The van der Waals surface area contributed by atoms with Crippen LogP contribution in [0.4, 0.5) is 5.69 Å². The smallest absolute Gasteiger partial charge is 0.333 e. The molecule has 0 spiro atoms. The third-order valence-corrected chi connectivity index (χ3v) is 4.88. The van der Waals surface area contributed by atoms with Gasteiger partial charge in [0.2, 0.25) is 0 Å². The monoisotopic (exact) mass is 456 g/mol. The van der Waals surface area contributed by atoms with E-state index in [-0.39, 0.29) is 15.7 Å². The van der Waals surface area contributed by atoms with Gasteiger partial charge in [-0.1, -0.05) is 77.8 Å². The molecule has 0 radical (unpaired) electrons. The zero-order valence-electron chi connectivity index (χ0n) is 16.2. The van der Waals surface area contributed by atoms with Gasteiger partial charge in [0.15, 0.2) is 12.6 Å². The summed E-state index contributed by atoms with van der Waals surface area (Å²) in [5.74, 6) is -1.85. The molecule has 0 aromatic heterocycles. The summed E-state index contributed by atoms with van der Waals surface area (Å²) >= 11 is 12.1. The first-order chi connectivity index (χ1) is 15.0. The number of anilines is 1. The second kappa shape index (κ2) is 10.6. The van der Waals surface area contributed by atoms with Crippen LogP contribution in [0.5, 0.6) is 0 Å². The maximum Gasteiger partial charge on any atom is 0.333 e. The number of ether oxygens (including phenoxy) is 1. The van der Waals surface area contributed by atoms with Crippen LogP contribution in [-0.4, -0.2) is 24.4 Å². The SMILES string of the molecule is O=C(COC(=O)C(NC(=O)c1ccccc1)c1ccccc1)Nc1c(Cl)cccc1Cl. The summed E-state index contributed by atoms with van der Waals surface area (Å²) in [7, 11) is 0. The topological polar surface area (TPSA) is 84.5 Å². The minimum Gasteiger partial charge on any atom is -0.454 e. The molecule has 0 heterocycles. The minimum atomic E-state index is -1.09. The lowest BCUT2D eigenvalue weighted by Gasteiger charge is -2.18. The van der Waals surface area contributed by atoms with Crippen molar-refractivity contribution in [3.05, 3.63) is 100 Å². The van der Waals surface area contributed by atoms with Crippen LogP contribution in [0.1, 0.15) is 22.0 Å². The predicted molar refractivity (Wildman–Crippen MR) is 119 cm³/mol. The van der Waals surface area contributed by atoms with Crippen LogP contribution in [-0.2, 0) is 14.3 Å². The van der Waals surface area contributed by atoms with Gasteiger partial charge in [0.05, 0.1) is 15.7 Å². The van der Waals surface area contributed by atoms with E-state index in [0.29, 0.717) is 11.1 Å². The highest BCUT2D eigenvalue weighted by atomic mass is 35.5. The fourth-order valence-electron chi connectivity index (χ4n) is 2.74. The van der Waals surface area contributed by atoms with E-state index in [2.05, 4.69) is 10.6 Å². The van der Waals surface area contributed by atoms with Crippen molar-refractivity contribution >= 4 is 46.7 Å². The molecule has 0 saturated heterocycles. The van der Waals surface area contributed by atoms with E-state index in [9.17, 15) is 14.4 Å². The Labute approximate surface area is 189 Å². The molecule has 3 aromatic rings. The number of benzene rings is 3. The molecule has 0 aliphatic rings. The van der Waals surface area contributed by atoms with Crippen molar-refractivity contribution in [2.45, 2.75) is 6.04 Å². The molecule has 2 N–H and O–H groups in total. The van der Waals surface area contributed by atoms with Crippen LogP contribution in [0.2, 0.25) is 10.0 Å². The molecule has 1 unspecified atom stereocenters. The number of carbonyl (C=O) groups is 3. The van der Waals surface area contributed by atoms with Gasteiger partial charge in [-0.25, -0.2) is 4.79 Å². The lowest BCUT2D eigenvalue weighted by molar-refractivity contribution is -0.149. The minimum absolute atomic E-state index is 0.226. The van der Waals surface area contributed by atoms with Crippen molar-refractivity contribution in [3.63, 3.8) is 0 Å². The lowest BCUT2D eigenvalue weighted by Crippen LogP contribution is -2.36. The summed E-state index contributed by atoms with van der Waals surface area (Å²) in [4.78, 5) is 37.5. The average Bonchev–Trinajstić information content (AvgIpc) is 2.79. The fraction of sp³-hybridized carbons (Fsp3) is 0.0870. The van der Waals surface area contributed by atoms with E-state index in [1.54, 1.807) is 78.9 Å². The van der Waals surface area contributed by atoms with Gasteiger partial charge < -0.3 is 15.4 Å². The normalized spacial score (nSPS) is 11.3. The Bertz CT molecular complexity index is 1060. The second-order valence-corrected chi connectivity index (χ2v) is 7.25. The summed E-state index contributed by atoms with van der Waals surface area (Å²) in [6, 6.07) is 20.8. The number of rotatable bonds is 7. The zero-order chi connectivity index (χ0) is 22.2. The Balaban J connectivity index is 1.68.